The van der Waals surface area contributed by atoms with Crippen molar-refractivity contribution in [1.29, 1.82) is 0 Å². The SMILES string of the molecule is Cc1nc(N2CCN(C)c3ccccc3C2)c2cnn(C(C)(C)C)c2n1. The first-order chi connectivity index (χ1) is 12.3. The van der Waals surface area contributed by atoms with Crippen molar-refractivity contribution < 1.29 is 0 Å². The van der Waals surface area contributed by atoms with Crippen LogP contribution in [0.15, 0.2) is 30.5 Å². The van der Waals surface area contributed by atoms with Gasteiger partial charge in [0.05, 0.1) is 17.1 Å². The average Bonchev–Trinajstić information content (AvgIpc) is 2.94. The minimum atomic E-state index is -0.120. The summed E-state index contributed by atoms with van der Waals surface area (Å²) in [6, 6.07) is 8.60. The Kier molecular flexibility index (Phi) is 3.86. The second-order valence-electron chi connectivity index (χ2n) is 8.03. The highest BCUT2D eigenvalue weighted by Gasteiger charge is 2.24. The van der Waals surface area contributed by atoms with E-state index in [9.17, 15) is 0 Å². The van der Waals surface area contributed by atoms with Gasteiger partial charge in [-0.2, -0.15) is 5.10 Å². The van der Waals surface area contributed by atoms with Gasteiger partial charge in [-0.15, -0.1) is 0 Å². The van der Waals surface area contributed by atoms with Crippen molar-refractivity contribution in [3.8, 4) is 0 Å². The van der Waals surface area contributed by atoms with E-state index in [0.29, 0.717) is 0 Å². The quantitative estimate of drug-likeness (QED) is 0.674. The summed E-state index contributed by atoms with van der Waals surface area (Å²) in [4.78, 5) is 14.2. The molecule has 0 radical (unpaired) electrons. The van der Waals surface area contributed by atoms with E-state index in [0.717, 1.165) is 42.3 Å². The highest BCUT2D eigenvalue weighted by molar-refractivity contribution is 5.87. The molecule has 0 spiro atoms. The maximum atomic E-state index is 4.80. The van der Waals surface area contributed by atoms with Crippen LogP contribution >= 0.6 is 0 Å². The van der Waals surface area contributed by atoms with Crippen molar-refractivity contribution >= 4 is 22.5 Å². The van der Waals surface area contributed by atoms with Crippen LogP contribution in [0.5, 0.6) is 0 Å². The predicted octanol–water partition coefficient (Wildman–Crippen LogP) is 3.35. The molecule has 0 saturated heterocycles. The normalized spacial score (nSPS) is 15.3. The van der Waals surface area contributed by atoms with E-state index in [-0.39, 0.29) is 5.54 Å². The van der Waals surface area contributed by atoms with Gasteiger partial charge in [-0.3, -0.25) is 0 Å². The number of aromatic nitrogens is 4. The molecule has 1 aliphatic heterocycles. The van der Waals surface area contributed by atoms with Gasteiger partial charge in [0.2, 0.25) is 0 Å². The van der Waals surface area contributed by atoms with Crippen LogP contribution in [0.1, 0.15) is 32.2 Å². The van der Waals surface area contributed by atoms with Gasteiger partial charge in [0.15, 0.2) is 5.65 Å². The number of nitrogens with zero attached hydrogens (tertiary/aromatic N) is 6. The van der Waals surface area contributed by atoms with E-state index < -0.39 is 0 Å². The zero-order valence-corrected chi connectivity index (χ0v) is 16.2. The lowest BCUT2D eigenvalue weighted by Gasteiger charge is -2.24. The number of hydrogen-bond acceptors (Lipinski definition) is 5. The first-order valence-electron chi connectivity index (χ1n) is 9.11. The van der Waals surface area contributed by atoms with Gasteiger partial charge < -0.3 is 9.80 Å². The molecule has 0 atom stereocenters. The summed E-state index contributed by atoms with van der Waals surface area (Å²) in [5.74, 6) is 1.76. The van der Waals surface area contributed by atoms with Crippen molar-refractivity contribution in [2.75, 3.05) is 29.9 Å². The zero-order chi connectivity index (χ0) is 18.5. The second kappa shape index (κ2) is 5.97. The fourth-order valence-electron chi connectivity index (χ4n) is 3.60. The number of para-hydroxylation sites is 1. The number of fused-ring (bicyclic) bond motifs is 2. The van der Waals surface area contributed by atoms with E-state index in [2.05, 4.69) is 67.0 Å². The molecular weight excluding hydrogens is 324 g/mol. The third-order valence-electron chi connectivity index (χ3n) is 4.92. The van der Waals surface area contributed by atoms with Gasteiger partial charge in [0, 0.05) is 32.4 Å². The molecule has 2 aromatic heterocycles. The molecule has 0 N–H and O–H groups in total. The van der Waals surface area contributed by atoms with Gasteiger partial charge in [-0.1, -0.05) is 18.2 Å². The molecule has 1 aliphatic rings. The lowest BCUT2D eigenvalue weighted by atomic mass is 10.1. The lowest BCUT2D eigenvalue weighted by molar-refractivity contribution is 0.365. The van der Waals surface area contributed by atoms with Crippen molar-refractivity contribution in [3.63, 3.8) is 0 Å². The number of aryl methyl sites for hydroxylation is 1. The third kappa shape index (κ3) is 2.79. The molecule has 6 heteroatoms. The third-order valence-corrected chi connectivity index (χ3v) is 4.92. The lowest BCUT2D eigenvalue weighted by Crippen LogP contribution is -2.30. The Morgan fingerprint density at radius 1 is 1.04 bits per heavy atom. The molecule has 0 bridgehead atoms. The minimum Gasteiger partial charge on any atom is -0.373 e. The molecule has 3 aromatic rings. The van der Waals surface area contributed by atoms with Crippen LogP contribution in [0.25, 0.3) is 11.0 Å². The molecule has 0 aliphatic carbocycles. The maximum Gasteiger partial charge on any atom is 0.164 e. The van der Waals surface area contributed by atoms with Crippen molar-refractivity contribution in [1.82, 2.24) is 19.7 Å². The fourth-order valence-corrected chi connectivity index (χ4v) is 3.60. The summed E-state index contributed by atoms with van der Waals surface area (Å²) < 4.78 is 2.00. The zero-order valence-electron chi connectivity index (χ0n) is 16.2. The summed E-state index contributed by atoms with van der Waals surface area (Å²) in [7, 11) is 2.15. The monoisotopic (exact) mass is 350 g/mol. The van der Waals surface area contributed by atoms with Crippen LogP contribution < -0.4 is 9.80 Å². The number of likely N-dealkylation sites (N-methyl/N-ethyl adjacent to an activating group) is 1. The first kappa shape index (κ1) is 16.8. The number of hydrogen-bond donors (Lipinski definition) is 0. The predicted molar refractivity (Wildman–Crippen MR) is 106 cm³/mol. The van der Waals surface area contributed by atoms with Crippen LogP contribution in [-0.4, -0.2) is 39.9 Å². The van der Waals surface area contributed by atoms with E-state index in [1.54, 1.807) is 0 Å². The van der Waals surface area contributed by atoms with Gasteiger partial charge in [0.25, 0.3) is 0 Å². The van der Waals surface area contributed by atoms with Gasteiger partial charge in [0.1, 0.15) is 11.6 Å². The first-order valence-corrected chi connectivity index (χ1v) is 9.11. The smallest absolute Gasteiger partial charge is 0.164 e. The number of rotatable bonds is 1. The van der Waals surface area contributed by atoms with Gasteiger partial charge in [-0.05, 0) is 39.3 Å². The van der Waals surface area contributed by atoms with Gasteiger partial charge >= 0.3 is 0 Å². The standard InChI is InChI=1S/C20H26N6/c1-14-22-18(16-12-21-26(19(16)23-14)20(2,3)4)25-11-10-24(5)17-9-7-6-8-15(17)13-25/h6-9,12H,10-11,13H2,1-5H3. The Morgan fingerprint density at radius 2 is 1.81 bits per heavy atom. The molecule has 0 amide bonds. The molecular formula is C20H26N6. The summed E-state index contributed by atoms with van der Waals surface area (Å²) >= 11 is 0. The molecule has 0 fully saturated rings. The summed E-state index contributed by atoms with van der Waals surface area (Å²) in [5, 5.41) is 5.64. The van der Waals surface area contributed by atoms with Crippen LogP contribution in [0, 0.1) is 6.92 Å². The topological polar surface area (TPSA) is 50.1 Å². The van der Waals surface area contributed by atoms with Gasteiger partial charge in [-0.25, -0.2) is 14.6 Å². The van der Waals surface area contributed by atoms with Crippen LogP contribution in [-0.2, 0) is 12.1 Å². The fraction of sp³-hybridized carbons (Fsp3) is 0.450. The summed E-state index contributed by atoms with van der Waals surface area (Å²) in [6.45, 7) is 11.1. The minimum absolute atomic E-state index is 0.120. The van der Waals surface area contributed by atoms with Crippen molar-refractivity contribution in [2.45, 2.75) is 39.8 Å². The van der Waals surface area contributed by atoms with Crippen molar-refractivity contribution in [3.05, 3.63) is 41.9 Å². The Bertz CT molecular complexity index is 953. The number of benzene rings is 1. The second-order valence-corrected chi connectivity index (χ2v) is 8.03. The molecule has 0 saturated carbocycles. The van der Waals surface area contributed by atoms with Crippen molar-refractivity contribution in [2.24, 2.45) is 0 Å². The largest absolute Gasteiger partial charge is 0.373 e. The van der Waals surface area contributed by atoms with E-state index in [4.69, 9.17) is 9.97 Å². The Hall–Kier alpha value is -2.63. The van der Waals surface area contributed by atoms with Crippen LogP contribution in [0.2, 0.25) is 0 Å². The molecule has 6 nitrogen and oxygen atoms in total. The maximum absolute atomic E-state index is 4.80. The number of anilines is 2. The highest BCUT2D eigenvalue weighted by Crippen LogP contribution is 2.31. The molecule has 26 heavy (non-hydrogen) atoms. The van der Waals surface area contributed by atoms with E-state index in [1.165, 1.54) is 11.3 Å². The Morgan fingerprint density at radius 3 is 2.58 bits per heavy atom. The molecule has 4 rings (SSSR count). The van der Waals surface area contributed by atoms with Crippen LogP contribution in [0.3, 0.4) is 0 Å². The summed E-state index contributed by atoms with van der Waals surface area (Å²) in [5.41, 5.74) is 3.40. The van der Waals surface area contributed by atoms with E-state index in [1.807, 2.05) is 17.8 Å². The molecule has 3 heterocycles. The molecule has 0 unspecified atom stereocenters. The average molecular weight is 350 g/mol. The Labute approximate surface area is 154 Å². The molecule has 136 valence electrons. The highest BCUT2D eigenvalue weighted by atomic mass is 15.3. The molecule has 1 aromatic carbocycles. The van der Waals surface area contributed by atoms with Crippen LogP contribution in [0.4, 0.5) is 11.5 Å². The Balaban J connectivity index is 1.83. The summed E-state index contributed by atoms with van der Waals surface area (Å²) in [6.07, 6.45) is 1.91. The van der Waals surface area contributed by atoms with E-state index >= 15 is 0 Å².